The van der Waals surface area contributed by atoms with Crippen molar-refractivity contribution in [1.29, 1.82) is 0 Å². The van der Waals surface area contributed by atoms with Crippen LogP contribution in [0.3, 0.4) is 0 Å². The molecule has 2 amide bonds. The van der Waals surface area contributed by atoms with Crippen LogP contribution >= 0.6 is 0 Å². The van der Waals surface area contributed by atoms with E-state index >= 15 is 0 Å². The van der Waals surface area contributed by atoms with E-state index in [1.165, 1.54) is 0 Å². The predicted octanol–water partition coefficient (Wildman–Crippen LogP) is 3.83. The Morgan fingerprint density at radius 3 is 2.43 bits per heavy atom. The minimum atomic E-state index is -0.585. The summed E-state index contributed by atoms with van der Waals surface area (Å²) in [5.41, 5.74) is 2.19. The van der Waals surface area contributed by atoms with Gasteiger partial charge >= 0.3 is 12.0 Å². The highest BCUT2D eigenvalue weighted by Crippen LogP contribution is 2.36. The first-order valence-electron chi connectivity index (χ1n) is 9.34. The van der Waals surface area contributed by atoms with Crippen molar-refractivity contribution < 1.29 is 23.8 Å². The van der Waals surface area contributed by atoms with Gasteiger partial charge in [0.15, 0.2) is 11.5 Å². The van der Waals surface area contributed by atoms with Crippen molar-refractivity contribution >= 4 is 40.1 Å². The molecule has 0 aliphatic carbocycles. The van der Waals surface area contributed by atoms with Gasteiger partial charge in [-0.05, 0) is 43.3 Å². The number of rotatable bonds is 5. The third-order valence-corrected chi connectivity index (χ3v) is 4.47. The number of hydrogen-bond donors (Lipinski definition) is 3. The summed E-state index contributed by atoms with van der Waals surface area (Å²) in [7, 11) is 1.81. The molecule has 0 saturated heterocycles. The predicted molar refractivity (Wildman–Crippen MR) is 112 cm³/mol. The zero-order valence-corrected chi connectivity index (χ0v) is 16.4. The van der Waals surface area contributed by atoms with Crippen molar-refractivity contribution in [2.45, 2.75) is 6.92 Å². The summed E-state index contributed by atoms with van der Waals surface area (Å²) < 4.78 is 15.9. The van der Waals surface area contributed by atoms with Crippen molar-refractivity contribution in [3.63, 3.8) is 0 Å². The molecule has 2 aromatic carbocycles. The second kappa shape index (κ2) is 8.16. The number of aromatic nitrogens is 1. The lowest BCUT2D eigenvalue weighted by Crippen LogP contribution is -2.22. The van der Waals surface area contributed by atoms with Crippen LogP contribution in [-0.4, -0.2) is 37.4 Å². The molecule has 3 aromatic rings. The molecule has 0 saturated carbocycles. The van der Waals surface area contributed by atoms with Gasteiger partial charge in [0.1, 0.15) is 11.4 Å². The van der Waals surface area contributed by atoms with E-state index in [0.29, 0.717) is 28.1 Å². The van der Waals surface area contributed by atoms with E-state index in [9.17, 15) is 9.59 Å². The monoisotopic (exact) mass is 408 g/mol. The van der Waals surface area contributed by atoms with Crippen LogP contribution in [0.15, 0.2) is 42.5 Å². The second-order valence-corrected chi connectivity index (χ2v) is 6.41. The molecule has 3 N–H and O–H groups in total. The van der Waals surface area contributed by atoms with E-state index in [2.05, 4.69) is 20.9 Å². The highest BCUT2D eigenvalue weighted by molar-refractivity contribution is 6.06. The van der Waals surface area contributed by atoms with Crippen LogP contribution in [0.2, 0.25) is 0 Å². The first-order chi connectivity index (χ1) is 14.6. The van der Waals surface area contributed by atoms with Gasteiger partial charge in [0.05, 0.1) is 12.1 Å². The smallest absolute Gasteiger partial charge is 0.341 e. The number of nitrogens with zero attached hydrogens (tertiary/aromatic N) is 1. The molecule has 30 heavy (non-hydrogen) atoms. The minimum absolute atomic E-state index is 0.0872. The Kier molecular flexibility index (Phi) is 5.25. The van der Waals surface area contributed by atoms with Gasteiger partial charge in [0.25, 0.3) is 0 Å². The summed E-state index contributed by atoms with van der Waals surface area (Å²) in [5, 5.41) is 9.02. The maximum Gasteiger partial charge on any atom is 0.341 e. The molecule has 1 aliphatic heterocycles. The van der Waals surface area contributed by atoms with Gasteiger partial charge in [-0.25, -0.2) is 14.6 Å². The Hall–Kier alpha value is -4.01. The number of carbonyl (C=O) groups excluding carboxylic acids is 2. The van der Waals surface area contributed by atoms with Crippen molar-refractivity contribution in [3.05, 3.63) is 48.0 Å². The lowest BCUT2D eigenvalue weighted by molar-refractivity contribution is 0.0527. The molecule has 4 rings (SSSR count). The zero-order valence-electron chi connectivity index (χ0n) is 16.4. The molecule has 0 radical (unpaired) electrons. The van der Waals surface area contributed by atoms with Crippen molar-refractivity contribution in [3.8, 4) is 11.5 Å². The number of benzene rings is 2. The van der Waals surface area contributed by atoms with Crippen molar-refractivity contribution in [1.82, 2.24) is 4.98 Å². The molecule has 0 fully saturated rings. The SMILES string of the molecule is CCOC(=O)c1cc2cc3c(cc2nc1NC(=O)Nc1ccc(NC)cc1)OCO3. The molecule has 0 atom stereocenters. The third-order valence-electron chi connectivity index (χ3n) is 4.47. The van der Waals surface area contributed by atoms with Crippen LogP contribution in [0, 0.1) is 0 Å². The van der Waals surface area contributed by atoms with E-state index in [-0.39, 0.29) is 24.8 Å². The number of ether oxygens (including phenoxy) is 3. The topological polar surface area (TPSA) is 111 Å². The third kappa shape index (κ3) is 3.90. The summed E-state index contributed by atoms with van der Waals surface area (Å²) >= 11 is 0. The average molecular weight is 408 g/mol. The molecule has 0 unspecified atom stereocenters. The van der Waals surface area contributed by atoms with Crippen LogP contribution < -0.4 is 25.4 Å². The summed E-state index contributed by atoms with van der Waals surface area (Å²) in [6, 6.07) is 11.7. The lowest BCUT2D eigenvalue weighted by Gasteiger charge is -2.12. The number of anilines is 3. The standard InChI is InChI=1S/C21H20N4O5/c1-3-28-20(26)15-8-12-9-17-18(30-11-29-17)10-16(12)24-19(15)25-21(27)23-14-6-4-13(22-2)5-7-14/h4-10,22H,3,11H2,1-2H3,(H2,23,24,25,27). The summed E-state index contributed by atoms with van der Waals surface area (Å²) in [4.78, 5) is 29.4. The molecular formula is C21H20N4O5. The number of pyridine rings is 1. The van der Waals surface area contributed by atoms with E-state index in [4.69, 9.17) is 14.2 Å². The van der Waals surface area contributed by atoms with Gasteiger partial charge in [0, 0.05) is 29.9 Å². The van der Waals surface area contributed by atoms with Crippen LogP contribution in [0.4, 0.5) is 22.0 Å². The first kappa shape index (κ1) is 19.3. The number of hydrogen-bond acceptors (Lipinski definition) is 7. The number of amides is 2. The Bertz CT molecular complexity index is 1110. The number of urea groups is 1. The van der Waals surface area contributed by atoms with Crippen LogP contribution in [0.5, 0.6) is 11.5 Å². The van der Waals surface area contributed by atoms with Gasteiger partial charge in [-0.3, -0.25) is 5.32 Å². The molecule has 9 heteroatoms. The van der Waals surface area contributed by atoms with Crippen LogP contribution in [0.25, 0.3) is 10.9 Å². The Morgan fingerprint density at radius 2 is 1.73 bits per heavy atom. The molecule has 154 valence electrons. The molecular weight excluding hydrogens is 388 g/mol. The highest BCUT2D eigenvalue weighted by atomic mass is 16.7. The quantitative estimate of drug-likeness (QED) is 0.550. The zero-order chi connectivity index (χ0) is 21.1. The average Bonchev–Trinajstić information content (AvgIpc) is 3.19. The second-order valence-electron chi connectivity index (χ2n) is 6.41. The molecule has 1 aromatic heterocycles. The minimum Gasteiger partial charge on any atom is -0.462 e. The molecule has 0 bridgehead atoms. The Labute approximate surface area is 172 Å². The first-order valence-corrected chi connectivity index (χ1v) is 9.34. The van der Waals surface area contributed by atoms with Crippen molar-refractivity contribution in [2.24, 2.45) is 0 Å². The van der Waals surface area contributed by atoms with Gasteiger partial charge < -0.3 is 24.8 Å². The largest absolute Gasteiger partial charge is 0.462 e. The van der Waals surface area contributed by atoms with E-state index < -0.39 is 12.0 Å². The van der Waals surface area contributed by atoms with Crippen LogP contribution in [-0.2, 0) is 4.74 Å². The van der Waals surface area contributed by atoms with E-state index in [1.54, 1.807) is 37.3 Å². The number of fused-ring (bicyclic) bond motifs is 2. The maximum atomic E-state index is 12.5. The van der Waals surface area contributed by atoms with Gasteiger partial charge in [-0.2, -0.15) is 0 Å². The molecule has 0 spiro atoms. The normalized spacial score (nSPS) is 11.8. The van der Waals surface area contributed by atoms with Crippen LogP contribution in [0.1, 0.15) is 17.3 Å². The van der Waals surface area contributed by atoms with Gasteiger partial charge in [-0.15, -0.1) is 0 Å². The van der Waals surface area contributed by atoms with Crippen molar-refractivity contribution in [2.75, 3.05) is 36.4 Å². The fourth-order valence-electron chi connectivity index (χ4n) is 3.01. The van der Waals surface area contributed by atoms with Gasteiger partial charge in [0.2, 0.25) is 6.79 Å². The lowest BCUT2D eigenvalue weighted by atomic mass is 10.1. The molecule has 2 heterocycles. The fourth-order valence-corrected chi connectivity index (χ4v) is 3.01. The van der Waals surface area contributed by atoms with E-state index in [1.807, 2.05) is 19.2 Å². The molecule has 9 nitrogen and oxygen atoms in total. The van der Waals surface area contributed by atoms with E-state index in [0.717, 1.165) is 5.69 Å². The number of carbonyl (C=O) groups is 2. The summed E-state index contributed by atoms with van der Waals surface area (Å²) in [5.74, 6) is 0.629. The Morgan fingerprint density at radius 1 is 1.03 bits per heavy atom. The maximum absolute atomic E-state index is 12.5. The molecule has 1 aliphatic rings. The summed E-state index contributed by atoms with van der Waals surface area (Å²) in [6.07, 6.45) is 0. The number of esters is 1. The highest BCUT2D eigenvalue weighted by Gasteiger charge is 2.21. The van der Waals surface area contributed by atoms with Gasteiger partial charge in [-0.1, -0.05) is 0 Å². The fraction of sp³-hybridized carbons (Fsp3) is 0.190. The number of nitrogens with one attached hydrogen (secondary N) is 3. The Balaban J connectivity index is 1.64. The summed E-state index contributed by atoms with van der Waals surface area (Å²) in [6.45, 7) is 2.02.